The molecule has 0 spiro atoms. The molecule has 0 atom stereocenters. The van der Waals surface area contributed by atoms with Gasteiger partial charge in [0.15, 0.2) is 10.8 Å². The van der Waals surface area contributed by atoms with Crippen molar-refractivity contribution in [2.75, 3.05) is 0 Å². The third-order valence-corrected chi connectivity index (χ3v) is 5.46. The Morgan fingerprint density at radius 3 is 2.27 bits per heavy atom. The van der Waals surface area contributed by atoms with Crippen LogP contribution in [0.25, 0.3) is 32.0 Å². The number of thiazole rings is 1. The summed E-state index contributed by atoms with van der Waals surface area (Å²) in [6.45, 7) is 8.45. The van der Waals surface area contributed by atoms with E-state index in [1.807, 2.05) is 0 Å². The van der Waals surface area contributed by atoms with E-state index in [1.165, 1.54) is 32.3 Å². The van der Waals surface area contributed by atoms with Gasteiger partial charge in [-0.25, -0.2) is 4.98 Å². The van der Waals surface area contributed by atoms with Gasteiger partial charge >= 0.3 is 0 Å². The SMILES string of the molecule is Cc1ccc(C)c2oc(-c3nc4c(C)ccc(C)c4s3)cc12. The minimum Gasteiger partial charge on any atom is -0.453 e. The molecule has 22 heavy (non-hydrogen) atoms. The lowest BCUT2D eigenvalue weighted by molar-refractivity contribution is 0.628. The molecular weight excluding hydrogens is 290 g/mol. The van der Waals surface area contributed by atoms with E-state index in [4.69, 9.17) is 9.40 Å². The first-order valence-electron chi connectivity index (χ1n) is 7.41. The summed E-state index contributed by atoms with van der Waals surface area (Å²) in [7, 11) is 0. The number of fused-ring (bicyclic) bond motifs is 2. The second-order valence-electron chi connectivity index (χ2n) is 5.95. The molecule has 4 aromatic rings. The fourth-order valence-electron chi connectivity index (χ4n) is 2.86. The van der Waals surface area contributed by atoms with Gasteiger partial charge in [-0.3, -0.25) is 0 Å². The Morgan fingerprint density at radius 2 is 1.55 bits per heavy atom. The summed E-state index contributed by atoms with van der Waals surface area (Å²) in [5, 5.41) is 2.14. The highest BCUT2D eigenvalue weighted by Crippen LogP contribution is 2.37. The zero-order valence-electron chi connectivity index (χ0n) is 13.2. The standard InChI is InChI=1S/C19H17NOS/c1-10-5-7-12(3)17-14(10)9-15(21-17)19-20-16-11(2)6-8-13(4)18(16)22-19/h5-9H,1-4H3. The highest BCUT2D eigenvalue weighted by Gasteiger charge is 2.15. The quantitative estimate of drug-likeness (QED) is 0.435. The molecule has 0 radical (unpaired) electrons. The molecule has 0 unspecified atom stereocenters. The van der Waals surface area contributed by atoms with Gasteiger partial charge in [-0.2, -0.15) is 0 Å². The average molecular weight is 307 g/mol. The maximum absolute atomic E-state index is 6.12. The Hall–Kier alpha value is -2.13. The van der Waals surface area contributed by atoms with E-state index in [0.29, 0.717) is 0 Å². The third-order valence-electron chi connectivity index (χ3n) is 4.25. The van der Waals surface area contributed by atoms with Gasteiger partial charge in [0.05, 0.1) is 10.2 Å². The van der Waals surface area contributed by atoms with Gasteiger partial charge in [0.1, 0.15) is 5.58 Å². The van der Waals surface area contributed by atoms with Crippen LogP contribution < -0.4 is 0 Å². The minimum absolute atomic E-state index is 0.868. The van der Waals surface area contributed by atoms with Crippen LogP contribution >= 0.6 is 11.3 Å². The lowest BCUT2D eigenvalue weighted by Crippen LogP contribution is -1.79. The van der Waals surface area contributed by atoms with Crippen LogP contribution in [0.4, 0.5) is 0 Å². The highest BCUT2D eigenvalue weighted by molar-refractivity contribution is 7.21. The first-order chi connectivity index (χ1) is 10.5. The van der Waals surface area contributed by atoms with E-state index in [1.54, 1.807) is 11.3 Å². The van der Waals surface area contributed by atoms with Crippen LogP contribution in [0.1, 0.15) is 22.3 Å². The number of benzene rings is 2. The van der Waals surface area contributed by atoms with Crippen molar-refractivity contribution >= 4 is 32.5 Å². The zero-order chi connectivity index (χ0) is 15.4. The van der Waals surface area contributed by atoms with Gasteiger partial charge in [0, 0.05) is 5.39 Å². The van der Waals surface area contributed by atoms with Crippen LogP contribution in [0, 0.1) is 27.7 Å². The summed E-state index contributed by atoms with van der Waals surface area (Å²) in [6.07, 6.45) is 0. The van der Waals surface area contributed by atoms with E-state index in [2.05, 4.69) is 58.0 Å². The van der Waals surface area contributed by atoms with Crippen molar-refractivity contribution < 1.29 is 4.42 Å². The minimum atomic E-state index is 0.868. The third kappa shape index (κ3) is 1.89. The number of hydrogen-bond donors (Lipinski definition) is 0. The monoisotopic (exact) mass is 307 g/mol. The van der Waals surface area contributed by atoms with Crippen molar-refractivity contribution in [2.24, 2.45) is 0 Å². The summed E-state index contributed by atoms with van der Waals surface area (Å²) in [6, 6.07) is 10.7. The molecule has 0 aliphatic carbocycles. The van der Waals surface area contributed by atoms with Gasteiger partial charge in [-0.1, -0.05) is 24.3 Å². The molecule has 2 aromatic carbocycles. The van der Waals surface area contributed by atoms with Gasteiger partial charge in [0.2, 0.25) is 0 Å². The molecule has 2 heterocycles. The van der Waals surface area contributed by atoms with Crippen molar-refractivity contribution in [3.63, 3.8) is 0 Å². The molecule has 0 saturated carbocycles. The van der Waals surface area contributed by atoms with Crippen LogP contribution in [-0.2, 0) is 0 Å². The van der Waals surface area contributed by atoms with Gasteiger partial charge in [0.25, 0.3) is 0 Å². The molecular formula is C19H17NOS. The molecule has 0 aliphatic rings. The van der Waals surface area contributed by atoms with Crippen molar-refractivity contribution in [1.29, 1.82) is 0 Å². The summed E-state index contributed by atoms with van der Waals surface area (Å²) < 4.78 is 7.38. The van der Waals surface area contributed by atoms with E-state index in [9.17, 15) is 0 Å². The average Bonchev–Trinajstić information content (AvgIpc) is 3.12. The Balaban J connectivity index is 1.99. The van der Waals surface area contributed by atoms with E-state index < -0.39 is 0 Å². The Kier molecular flexibility index (Phi) is 2.88. The largest absolute Gasteiger partial charge is 0.453 e. The summed E-state index contributed by atoms with van der Waals surface area (Å²) in [5.41, 5.74) is 6.96. The van der Waals surface area contributed by atoms with Crippen LogP contribution in [0.3, 0.4) is 0 Å². The van der Waals surface area contributed by atoms with Crippen LogP contribution in [0.5, 0.6) is 0 Å². The predicted molar refractivity (Wildman–Crippen MR) is 93.8 cm³/mol. The van der Waals surface area contributed by atoms with E-state index >= 15 is 0 Å². The summed E-state index contributed by atoms with van der Waals surface area (Å²) in [5.74, 6) is 0.868. The second kappa shape index (κ2) is 4.68. The molecule has 2 aromatic heterocycles. The molecule has 2 nitrogen and oxygen atoms in total. The van der Waals surface area contributed by atoms with Crippen LogP contribution in [-0.4, -0.2) is 4.98 Å². The van der Waals surface area contributed by atoms with Crippen molar-refractivity contribution in [3.8, 4) is 10.8 Å². The first-order valence-corrected chi connectivity index (χ1v) is 8.23. The maximum atomic E-state index is 6.12. The van der Waals surface area contributed by atoms with Crippen molar-refractivity contribution in [2.45, 2.75) is 27.7 Å². The van der Waals surface area contributed by atoms with E-state index in [0.717, 1.165) is 21.9 Å². The van der Waals surface area contributed by atoms with Crippen molar-refractivity contribution in [3.05, 3.63) is 52.6 Å². The smallest absolute Gasteiger partial charge is 0.164 e. The number of rotatable bonds is 1. The number of furan rings is 1. The Morgan fingerprint density at radius 1 is 0.864 bits per heavy atom. The molecule has 0 bridgehead atoms. The number of aromatic nitrogens is 1. The molecule has 4 rings (SSSR count). The molecule has 3 heteroatoms. The lowest BCUT2D eigenvalue weighted by Gasteiger charge is -1.96. The van der Waals surface area contributed by atoms with E-state index in [-0.39, 0.29) is 0 Å². The van der Waals surface area contributed by atoms with Crippen LogP contribution in [0.2, 0.25) is 0 Å². The van der Waals surface area contributed by atoms with Crippen molar-refractivity contribution in [1.82, 2.24) is 4.98 Å². The molecule has 0 N–H and O–H groups in total. The first kappa shape index (κ1) is 13.5. The van der Waals surface area contributed by atoms with Gasteiger partial charge < -0.3 is 4.42 Å². The Bertz CT molecular complexity index is 861. The Labute approximate surface area is 133 Å². The molecule has 0 amide bonds. The fourth-order valence-corrected chi connectivity index (χ4v) is 3.93. The molecule has 0 aliphatic heterocycles. The number of hydrogen-bond acceptors (Lipinski definition) is 3. The highest BCUT2D eigenvalue weighted by atomic mass is 32.1. The summed E-state index contributed by atoms with van der Waals surface area (Å²) >= 11 is 1.71. The van der Waals surface area contributed by atoms with Crippen LogP contribution in [0.15, 0.2) is 34.7 Å². The predicted octanol–water partition coefficient (Wildman–Crippen LogP) is 5.94. The molecule has 0 saturated heterocycles. The fraction of sp³-hybridized carbons (Fsp3) is 0.211. The summed E-state index contributed by atoms with van der Waals surface area (Å²) in [4.78, 5) is 4.82. The molecule has 0 fully saturated rings. The van der Waals surface area contributed by atoms with Gasteiger partial charge in [-0.15, -0.1) is 11.3 Å². The maximum Gasteiger partial charge on any atom is 0.164 e. The number of nitrogens with zero attached hydrogens (tertiary/aromatic N) is 1. The topological polar surface area (TPSA) is 26.0 Å². The van der Waals surface area contributed by atoms with Gasteiger partial charge in [-0.05, 0) is 56.0 Å². The normalized spacial score (nSPS) is 11.6. The lowest BCUT2D eigenvalue weighted by atomic mass is 10.1. The zero-order valence-corrected chi connectivity index (χ0v) is 14.0. The molecule has 110 valence electrons. The number of aryl methyl sites for hydroxylation is 4. The second-order valence-corrected chi connectivity index (χ2v) is 6.95.